The van der Waals surface area contributed by atoms with Crippen molar-refractivity contribution < 1.29 is 19.0 Å². The van der Waals surface area contributed by atoms with Gasteiger partial charge in [-0.2, -0.15) is 0 Å². The zero-order valence-corrected chi connectivity index (χ0v) is 16.9. The van der Waals surface area contributed by atoms with Crippen molar-refractivity contribution in [3.63, 3.8) is 0 Å². The van der Waals surface area contributed by atoms with E-state index in [-0.39, 0.29) is 5.91 Å². The molecule has 1 N–H and O–H groups in total. The van der Waals surface area contributed by atoms with Crippen LogP contribution in [-0.2, 0) is 6.61 Å². The average Bonchev–Trinajstić information content (AvgIpc) is 2.73. The van der Waals surface area contributed by atoms with E-state index in [2.05, 4.69) is 5.32 Å². The number of carbonyl (C=O) groups excluding carboxylic acids is 1. The predicted molar refractivity (Wildman–Crippen MR) is 114 cm³/mol. The largest absolute Gasteiger partial charge is 0.495 e. The quantitative estimate of drug-likeness (QED) is 0.571. The van der Waals surface area contributed by atoms with Crippen molar-refractivity contribution in [2.45, 2.75) is 20.5 Å². The highest BCUT2D eigenvalue weighted by Crippen LogP contribution is 2.26. The summed E-state index contributed by atoms with van der Waals surface area (Å²) in [7, 11) is 1.57. The topological polar surface area (TPSA) is 56.8 Å². The number of ether oxygens (including phenoxy) is 3. The minimum atomic E-state index is -0.227. The van der Waals surface area contributed by atoms with Crippen LogP contribution in [0.4, 0.5) is 5.69 Å². The molecule has 5 heteroatoms. The number of nitrogens with one attached hydrogen (secondary N) is 1. The molecule has 0 saturated heterocycles. The van der Waals surface area contributed by atoms with E-state index in [1.807, 2.05) is 50.2 Å². The molecule has 3 rings (SSSR count). The Morgan fingerprint density at radius 2 is 1.76 bits per heavy atom. The van der Waals surface area contributed by atoms with Gasteiger partial charge in [-0.1, -0.05) is 24.3 Å². The molecule has 3 aromatic rings. The van der Waals surface area contributed by atoms with Crippen LogP contribution in [0, 0.1) is 6.92 Å². The molecule has 0 fully saturated rings. The first-order chi connectivity index (χ1) is 14.1. The number of anilines is 1. The number of para-hydroxylation sites is 2. The molecular formula is C24H25NO4. The molecule has 1 amide bonds. The fourth-order valence-electron chi connectivity index (χ4n) is 2.94. The van der Waals surface area contributed by atoms with E-state index >= 15 is 0 Å². The van der Waals surface area contributed by atoms with E-state index in [9.17, 15) is 4.79 Å². The number of aryl methyl sites for hydroxylation is 1. The number of hydrogen-bond donors (Lipinski definition) is 1. The van der Waals surface area contributed by atoms with Crippen LogP contribution in [0.25, 0.3) is 0 Å². The molecule has 0 aliphatic heterocycles. The van der Waals surface area contributed by atoms with Crippen molar-refractivity contribution >= 4 is 11.6 Å². The second-order valence-electron chi connectivity index (χ2n) is 6.52. The minimum absolute atomic E-state index is 0.227. The first-order valence-electron chi connectivity index (χ1n) is 9.50. The molecule has 0 aliphatic carbocycles. The molecule has 29 heavy (non-hydrogen) atoms. The van der Waals surface area contributed by atoms with Gasteiger partial charge in [-0.3, -0.25) is 4.79 Å². The summed E-state index contributed by atoms with van der Waals surface area (Å²) in [6.45, 7) is 4.77. The Kier molecular flexibility index (Phi) is 6.74. The molecule has 0 atom stereocenters. The summed E-state index contributed by atoms with van der Waals surface area (Å²) in [5, 5.41) is 2.89. The average molecular weight is 391 g/mol. The van der Waals surface area contributed by atoms with Gasteiger partial charge in [-0.25, -0.2) is 0 Å². The van der Waals surface area contributed by atoms with Crippen molar-refractivity contribution in [2.75, 3.05) is 19.0 Å². The fraction of sp³-hybridized carbons (Fsp3) is 0.208. The number of methoxy groups -OCH3 is 1. The Bertz CT molecular complexity index is 984. The zero-order chi connectivity index (χ0) is 20.6. The highest BCUT2D eigenvalue weighted by molar-refractivity contribution is 6.05. The molecule has 5 nitrogen and oxygen atoms in total. The molecule has 0 aliphatic rings. The van der Waals surface area contributed by atoms with E-state index in [1.165, 1.54) is 0 Å². The van der Waals surface area contributed by atoms with E-state index in [0.29, 0.717) is 36.0 Å². The summed E-state index contributed by atoms with van der Waals surface area (Å²) in [4.78, 5) is 12.8. The third-order valence-electron chi connectivity index (χ3n) is 4.36. The van der Waals surface area contributed by atoms with Crippen molar-refractivity contribution in [3.8, 4) is 17.2 Å². The van der Waals surface area contributed by atoms with Gasteiger partial charge in [0.05, 0.1) is 19.4 Å². The van der Waals surface area contributed by atoms with Gasteiger partial charge in [0.1, 0.15) is 23.9 Å². The summed E-state index contributed by atoms with van der Waals surface area (Å²) in [5.41, 5.74) is 3.06. The Labute approximate surface area is 171 Å². The normalized spacial score (nSPS) is 10.3. The SMILES string of the molecule is CCOc1ccc(C(=O)Nc2ccccc2OC)cc1COc1cccc(C)c1. The van der Waals surface area contributed by atoms with Gasteiger partial charge >= 0.3 is 0 Å². The van der Waals surface area contributed by atoms with Crippen molar-refractivity contribution in [2.24, 2.45) is 0 Å². The number of amides is 1. The molecule has 0 saturated carbocycles. The highest BCUT2D eigenvalue weighted by Gasteiger charge is 2.13. The Balaban J connectivity index is 1.80. The van der Waals surface area contributed by atoms with E-state index in [4.69, 9.17) is 14.2 Å². The second-order valence-corrected chi connectivity index (χ2v) is 6.52. The molecule has 0 radical (unpaired) electrons. The maximum absolute atomic E-state index is 12.8. The van der Waals surface area contributed by atoms with Crippen LogP contribution in [0.2, 0.25) is 0 Å². The monoisotopic (exact) mass is 391 g/mol. The first kappa shape index (κ1) is 20.3. The predicted octanol–water partition coefficient (Wildman–Crippen LogP) is 5.23. The number of benzene rings is 3. The Morgan fingerprint density at radius 1 is 0.931 bits per heavy atom. The van der Waals surface area contributed by atoms with Crippen molar-refractivity contribution in [1.29, 1.82) is 0 Å². The molecule has 0 bridgehead atoms. The smallest absolute Gasteiger partial charge is 0.255 e. The molecule has 0 aromatic heterocycles. The molecule has 150 valence electrons. The lowest BCUT2D eigenvalue weighted by Gasteiger charge is -2.14. The summed E-state index contributed by atoms with van der Waals surface area (Å²) >= 11 is 0. The second kappa shape index (κ2) is 9.64. The lowest BCUT2D eigenvalue weighted by Crippen LogP contribution is -2.13. The van der Waals surface area contributed by atoms with E-state index < -0.39 is 0 Å². The number of rotatable bonds is 8. The molecule has 0 spiro atoms. The maximum Gasteiger partial charge on any atom is 0.255 e. The van der Waals surface area contributed by atoms with Gasteiger partial charge in [0.2, 0.25) is 0 Å². The summed E-state index contributed by atoms with van der Waals surface area (Å²) in [6.07, 6.45) is 0. The van der Waals surface area contributed by atoms with Gasteiger partial charge in [0, 0.05) is 11.1 Å². The molecular weight excluding hydrogens is 366 g/mol. The summed E-state index contributed by atoms with van der Waals surface area (Å²) < 4.78 is 16.9. The highest BCUT2D eigenvalue weighted by atomic mass is 16.5. The van der Waals surface area contributed by atoms with Crippen molar-refractivity contribution in [3.05, 3.63) is 83.4 Å². The summed E-state index contributed by atoms with van der Waals surface area (Å²) in [5.74, 6) is 1.86. The molecule has 0 heterocycles. The Hall–Kier alpha value is -3.47. The van der Waals surface area contributed by atoms with Gasteiger partial charge < -0.3 is 19.5 Å². The van der Waals surface area contributed by atoms with Crippen LogP contribution in [0.1, 0.15) is 28.4 Å². The van der Waals surface area contributed by atoms with Crippen LogP contribution >= 0.6 is 0 Å². The van der Waals surface area contributed by atoms with Gasteiger partial charge in [-0.15, -0.1) is 0 Å². The number of carbonyl (C=O) groups is 1. The Morgan fingerprint density at radius 3 is 2.52 bits per heavy atom. The lowest BCUT2D eigenvalue weighted by molar-refractivity contribution is 0.102. The van der Waals surface area contributed by atoms with Crippen LogP contribution in [0.15, 0.2) is 66.7 Å². The zero-order valence-electron chi connectivity index (χ0n) is 16.9. The standard InChI is InChI=1S/C24H25NO4/c1-4-28-22-13-12-18(24(26)25-21-10-5-6-11-23(21)27-3)15-19(22)16-29-20-9-7-8-17(2)14-20/h5-15H,4,16H2,1-3H3,(H,25,26). The first-order valence-corrected chi connectivity index (χ1v) is 9.50. The van der Waals surface area contributed by atoms with Gasteiger partial charge in [0.25, 0.3) is 5.91 Å². The lowest BCUT2D eigenvalue weighted by atomic mass is 10.1. The van der Waals surface area contributed by atoms with E-state index in [1.54, 1.807) is 37.4 Å². The number of hydrogen-bond acceptors (Lipinski definition) is 4. The third-order valence-corrected chi connectivity index (χ3v) is 4.36. The van der Waals surface area contributed by atoms with Gasteiger partial charge in [0.15, 0.2) is 0 Å². The van der Waals surface area contributed by atoms with E-state index in [0.717, 1.165) is 16.9 Å². The maximum atomic E-state index is 12.8. The fourth-order valence-corrected chi connectivity index (χ4v) is 2.94. The van der Waals surface area contributed by atoms with Gasteiger partial charge in [-0.05, 0) is 61.9 Å². The summed E-state index contributed by atoms with van der Waals surface area (Å²) in [6, 6.07) is 20.5. The molecule has 3 aromatic carbocycles. The minimum Gasteiger partial charge on any atom is -0.495 e. The van der Waals surface area contributed by atoms with Crippen LogP contribution in [0.5, 0.6) is 17.2 Å². The van der Waals surface area contributed by atoms with Crippen LogP contribution in [-0.4, -0.2) is 19.6 Å². The van der Waals surface area contributed by atoms with Crippen LogP contribution in [0.3, 0.4) is 0 Å². The van der Waals surface area contributed by atoms with Crippen LogP contribution < -0.4 is 19.5 Å². The molecule has 0 unspecified atom stereocenters. The third kappa shape index (κ3) is 5.29. The van der Waals surface area contributed by atoms with Crippen molar-refractivity contribution in [1.82, 2.24) is 0 Å².